The van der Waals surface area contributed by atoms with E-state index < -0.39 is 9.84 Å². The summed E-state index contributed by atoms with van der Waals surface area (Å²) in [6.07, 6.45) is 5.28. The highest BCUT2D eigenvalue weighted by Gasteiger charge is 2.27. The molecule has 5 heteroatoms. The van der Waals surface area contributed by atoms with Crippen LogP contribution in [0.4, 0.5) is 0 Å². The Morgan fingerprint density at radius 2 is 2.06 bits per heavy atom. The van der Waals surface area contributed by atoms with Gasteiger partial charge in [-0.15, -0.1) is 0 Å². The van der Waals surface area contributed by atoms with Crippen molar-refractivity contribution in [2.75, 3.05) is 31.7 Å². The van der Waals surface area contributed by atoms with Crippen LogP contribution in [0.15, 0.2) is 0 Å². The molecule has 0 saturated carbocycles. The Bertz CT molecular complexity index is 316. The molecule has 102 valence electrons. The zero-order valence-electron chi connectivity index (χ0n) is 10.9. The number of sulfone groups is 1. The normalized spacial score (nSPS) is 27.2. The Hall–Kier alpha value is -0.130. The van der Waals surface area contributed by atoms with Crippen LogP contribution in [0.1, 0.15) is 32.6 Å². The molecule has 1 saturated heterocycles. The van der Waals surface area contributed by atoms with Crippen molar-refractivity contribution in [1.82, 2.24) is 4.90 Å². The molecule has 1 heterocycles. The molecule has 0 amide bonds. The smallest absolute Gasteiger partial charge is 0.147 e. The first-order chi connectivity index (χ1) is 7.94. The lowest BCUT2D eigenvalue weighted by atomic mass is 9.91. The van der Waals surface area contributed by atoms with Crippen LogP contribution in [0.3, 0.4) is 0 Å². The first-order valence-electron chi connectivity index (χ1n) is 6.46. The van der Waals surface area contributed by atoms with Crippen LogP contribution in [0.5, 0.6) is 0 Å². The van der Waals surface area contributed by atoms with E-state index in [0.29, 0.717) is 5.92 Å². The van der Waals surface area contributed by atoms with Gasteiger partial charge >= 0.3 is 0 Å². The highest BCUT2D eigenvalue weighted by molar-refractivity contribution is 7.90. The fraction of sp³-hybridized carbons (Fsp3) is 1.00. The molecule has 17 heavy (non-hydrogen) atoms. The first kappa shape index (κ1) is 14.9. The van der Waals surface area contributed by atoms with Gasteiger partial charge in [0.2, 0.25) is 0 Å². The van der Waals surface area contributed by atoms with E-state index in [1.54, 1.807) is 0 Å². The predicted octanol–water partition coefficient (Wildman–Crippen LogP) is 0.904. The number of aliphatic hydroxyl groups excluding tert-OH is 1. The average molecular weight is 263 g/mol. The summed E-state index contributed by atoms with van der Waals surface area (Å²) in [6.45, 7) is 4.34. The SMILES string of the molecule is CC1CCCN(CCCCS(C)(=O)=O)C1CO. The summed E-state index contributed by atoms with van der Waals surface area (Å²) in [6, 6.07) is 0.266. The zero-order chi connectivity index (χ0) is 12.9. The van der Waals surface area contributed by atoms with Gasteiger partial charge in [-0.25, -0.2) is 8.42 Å². The maximum atomic E-state index is 11.0. The van der Waals surface area contributed by atoms with Crippen LogP contribution in [0.25, 0.3) is 0 Å². The number of likely N-dealkylation sites (tertiary alicyclic amines) is 1. The second kappa shape index (κ2) is 6.71. The van der Waals surface area contributed by atoms with Crippen LogP contribution in [0.2, 0.25) is 0 Å². The molecular weight excluding hydrogens is 238 g/mol. The number of hydrogen-bond donors (Lipinski definition) is 1. The summed E-state index contributed by atoms with van der Waals surface area (Å²) in [4.78, 5) is 2.32. The molecular formula is C12H25NO3S. The number of rotatable bonds is 6. The molecule has 0 radical (unpaired) electrons. The molecule has 0 spiro atoms. The van der Waals surface area contributed by atoms with Crippen molar-refractivity contribution in [2.45, 2.75) is 38.6 Å². The van der Waals surface area contributed by atoms with Gasteiger partial charge in [-0.2, -0.15) is 0 Å². The summed E-state index contributed by atoms with van der Waals surface area (Å²) in [5.41, 5.74) is 0. The van der Waals surface area contributed by atoms with Gasteiger partial charge < -0.3 is 5.11 Å². The second-order valence-corrected chi connectivity index (χ2v) is 7.50. The molecule has 1 N–H and O–H groups in total. The van der Waals surface area contributed by atoms with Gasteiger partial charge in [0, 0.05) is 18.1 Å². The fourth-order valence-corrected chi connectivity index (χ4v) is 3.32. The third-order valence-electron chi connectivity index (χ3n) is 3.63. The Morgan fingerprint density at radius 1 is 1.35 bits per heavy atom. The quantitative estimate of drug-likeness (QED) is 0.724. The van der Waals surface area contributed by atoms with Gasteiger partial charge in [0.1, 0.15) is 9.84 Å². The Labute approximate surface area is 105 Å². The zero-order valence-corrected chi connectivity index (χ0v) is 11.7. The summed E-state index contributed by atoms with van der Waals surface area (Å²) in [7, 11) is -2.82. The van der Waals surface area contributed by atoms with Gasteiger partial charge in [-0.05, 0) is 44.7 Å². The molecule has 0 bridgehead atoms. The van der Waals surface area contributed by atoms with Crippen LogP contribution in [-0.2, 0) is 9.84 Å². The van der Waals surface area contributed by atoms with Crippen molar-refractivity contribution in [3.63, 3.8) is 0 Å². The summed E-state index contributed by atoms with van der Waals surface area (Å²) in [5.74, 6) is 0.823. The summed E-state index contributed by atoms with van der Waals surface area (Å²) in [5, 5.41) is 9.38. The average Bonchev–Trinajstić information content (AvgIpc) is 2.23. The van der Waals surface area contributed by atoms with Gasteiger partial charge in [0.05, 0.1) is 6.61 Å². The van der Waals surface area contributed by atoms with E-state index in [1.807, 2.05) is 0 Å². The van der Waals surface area contributed by atoms with E-state index in [4.69, 9.17) is 0 Å². The monoisotopic (exact) mass is 263 g/mol. The van der Waals surface area contributed by atoms with Crippen molar-refractivity contribution < 1.29 is 13.5 Å². The summed E-state index contributed by atoms with van der Waals surface area (Å²) >= 11 is 0. The Morgan fingerprint density at radius 3 is 2.65 bits per heavy atom. The minimum absolute atomic E-state index is 0.216. The number of hydrogen-bond acceptors (Lipinski definition) is 4. The van der Waals surface area contributed by atoms with Crippen LogP contribution in [0, 0.1) is 5.92 Å². The highest BCUT2D eigenvalue weighted by Crippen LogP contribution is 2.23. The van der Waals surface area contributed by atoms with Crippen LogP contribution < -0.4 is 0 Å². The largest absolute Gasteiger partial charge is 0.395 e. The molecule has 1 rings (SSSR count). The van der Waals surface area contributed by atoms with Gasteiger partial charge in [-0.1, -0.05) is 6.92 Å². The molecule has 1 fully saturated rings. The predicted molar refractivity (Wildman–Crippen MR) is 69.8 cm³/mol. The number of nitrogens with zero attached hydrogens (tertiary/aromatic N) is 1. The van der Waals surface area contributed by atoms with Crippen LogP contribution >= 0.6 is 0 Å². The number of piperidine rings is 1. The van der Waals surface area contributed by atoms with Crippen molar-refractivity contribution in [1.29, 1.82) is 0 Å². The van der Waals surface area contributed by atoms with Crippen molar-refractivity contribution in [3.05, 3.63) is 0 Å². The molecule has 2 unspecified atom stereocenters. The third-order valence-corrected chi connectivity index (χ3v) is 4.66. The van der Waals surface area contributed by atoms with Crippen molar-refractivity contribution in [3.8, 4) is 0 Å². The molecule has 0 aliphatic carbocycles. The van der Waals surface area contributed by atoms with Gasteiger partial charge in [0.15, 0.2) is 0 Å². The van der Waals surface area contributed by atoms with E-state index >= 15 is 0 Å². The molecule has 0 aromatic carbocycles. The van der Waals surface area contributed by atoms with E-state index in [9.17, 15) is 13.5 Å². The lowest BCUT2D eigenvalue weighted by Gasteiger charge is -2.39. The van der Waals surface area contributed by atoms with E-state index in [-0.39, 0.29) is 18.4 Å². The summed E-state index contributed by atoms with van der Waals surface area (Å²) < 4.78 is 22.0. The lowest BCUT2D eigenvalue weighted by Crippen LogP contribution is -2.46. The fourth-order valence-electron chi connectivity index (χ4n) is 2.59. The van der Waals surface area contributed by atoms with Gasteiger partial charge in [0.25, 0.3) is 0 Å². The maximum absolute atomic E-state index is 11.0. The van der Waals surface area contributed by atoms with Crippen molar-refractivity contribution >= 4 is 9.84 Å². The molecule has 2 atom stereocenters. The minimum atomic E-state index is -2.82. The Kier molecular flexibility index (Phi) is 5.89. The third kappa shape index (κ3) is 5.36. The van der Waals surface area contributed by atoms with Gasteiger partial charge in [-0.3, -0.25) is 4.90 Å². The molecule has 0 aromatic rings. The molecule has 4 nitrogen and oxygen atoms in total. The molecule has 1 aliphatic rings. The Balaban J connectivity index is 2.30. The van der Waals surface area contributed by atoms with Crippen LogP contribution in [-0.4, -0.2) is 56.2 Å². The first-order valence-corrected chi connectivity index (χ1v) is 8.52. The topological polar surface area (TPSA) is 57.6 Å². The lowest BCUT2D eigenvalue weighted by molar-refractivity contribution is 0.0521. The standard InChI is InChI=1S/C12H25NO3S/c1-11-6-5-8-13(12(11)10-14)7-3-4-9-17(2,15)16/h11-12,14H,3-10H2,1-2H3. The highest BCUT2D eigenvalue weighted by atomic mass is 32.2. The van der Waals surface area contributed by atoms with E-state index in [2.05, 4.69) is 11.8 Å². The van der Waals surface area contributed by atoms with E-state index in [1.165, 1.54) is 19.1 Å². The number of unbranched alkanes of at least 4 members (excludes halogenated alkanes) is 1. The maximum Gasteiger partial charge on any atom is 0.147 e. The number of aliphatic hydroxyl groups is 1. The molecule has 1 aliphatic heterocycles. The molecule has 0 aromatic heterocycles. The second-order valence-electron chi connectivity index (χ2n) is 5.24. The van der Waals surface area contributed by atoms with E-state index in [0.717, 1.165) is 25.9 Å². The van der Waals surface area contributed by atoms with Crippen molar-refractivity contribution in [2.24, 2.45) is 5.92 Å². The minimum Gasteiger partial charge on any atom is -0.395 e.